The molecule has 1 atom stereocenters. The number of carbonyl (C=O) groups is 1. The molecule has 6 nitrogen and oxygen atoms in total. The van der Waals surface area contributed by atoms with E-state index in [1.165, 1.54) is 0 Å². The van der Waals surface area contributed by atoms with Crippen LogP contribution < -0.4 is 16.4 Å². The third-order valence-corrected chi connectivity index (χ3v) is 4.74. The molecule has 0 aliphatic heterocycles. The van der Waals surface area contributed by atoms with E-state index in [9.17, 15) is 9.90 Å². The largest absolute Gasteiger partial charge is 0.373 e. The number of nitrogens with one attached hydrogen (secondary N) is 3. The number of aryl methyl sites for hydroxylation is 1. The number of H-pyrrole nitrogens is 1. The fraction of sp³-hybridized carbons (Fsp3) is 0.0870. The molecule has 0 bridgehead atoms. The third-order valence-electron chi connectivity index (χ3n) is 4.74. The second-order valence-electron chi connectivity index (χ2n) is 6.93. The molecule has 4 rings (SSSR count). The van der Waals surface area contributed by atoms with E-state index in [0.29, 0.717) is 11.4 Å². The van der Waals surface area contributed by atoms with Gasteiger partial charge in [0.1, 0.15) is 6.23 Å². The number of hydrogen-bond acceptors (Lipinski definition) is 3. The van der Waals surface area contributed by atoms with Gasteiger partial charge >= 0.3 is 6.03 Å². The molecule has 146 valence electrons. The number of aliphatic hydroxyl groups excluding tert-OH is 1. The van der Waals surface area contributed by atoms with Crippen molar-refractivity contribution in [1.29, 1.82) is 0 Å². The summed E-state index contributed by atoms with van der Waals surface area (Å²) < 4.78 is 0. The van der Waals surface area contributed by atoms with Gasteiger partial charge in [-0.15, -0.1) is 0 Å². The minimum atomic E-state index is -1.12. The summed E-state index contributed by atoms with van der Waals surface area (Å²) in [6.07, 6.45) is -1.12. The fourth-order valence-corrected chi connectivity index (χ4v) is 3.43. The minimum Gasteiger partial charge on any atom is -0.373 e. The fourth-order valence-electron chi connectivity index (χ4n) is 3.43. The lowest BCUT2D eigenvalue weighted by Crippen LogP contribution is -2.19. The van der Waals surface area contributed by atoms with Crippen molar-refractivity contribution in [2.75, 3.05) is 10.6 Å². The second kappa shape index (κ2) is 7.79. The number of aromatic nitrogens is 1. The molecule has 1 heterocycles. The lowest BCUT2D eigenvalue weighted by Gasteiger charge is -2.10. The van der Waals surface area contributed by atoms with Gasteiger partial charge in [-0.2, -0.15) is 0 Å². The number of nitrogens with two attached hydrogens (primary N) is 1. The number of benzene rings is 3. The van der Waals surface area contributed by atoms with E-state index in [-0.39, 0.29) is 6.03 Å². The van der Waals surface area contributed by atoms with Crippen LogP contribution in [0.15, 0.2) is 72.8 Å². The highest BCUT2D eigenvalue weighted by Crippen LogP contribution is 2.35. The Balaban J connectivity index is 1.56. The number of anilines is 2. The quantitative estimate of drug-likeness (QED) is 0.327. The van der Waals surface area contributed by atoms with Crippen LogP contribution in [0.1, 0.15) is 17.5 Å². The summed E-state index contributed by atoms with van der Waals surface area (Å²) in [5.74, 6) is 0. The van der Waals surface area contributed by atoms with Crippen molar-refractivity contribution in [1.82, 2.24) is 4.98 Å². The number of aliphatic hydroxyl groups is 1. The van der Waals surface area contributed by atoms with E-state index in [2.05, 4.69) is 15.6 Å². The molecule has 0 saturated carbocycles. The third kappa shape index (κ3) is 3.99. The SMILES string of the molecule is Cc1cccc(NC(=O)Nc2ccc(-c3c(C(N)O)[nH]c4ccccc34)cc2)c1. The zero-order valence-corrected chi connectivity index (χ0v) is 15.9. The van der Waals surface area contributed by atoms with Crippen molar-refractivity contribution < 1.29 is 9.90 Å². The number of urea groups is 1. The molecule has 6 heteroatoms. The second-order valence-corrected chi connectivity index (χ2v) is 6.93. The van der Waals surface area contributed by atoms with Gasteiger partial charge in [0, 0.05) is 27.8 Å². The number of carbonyl (C=O) groups excluding carboxylic acids is 1. The summed E-state index contributed by atoms with van der Waals surface area (Å²) >= 11 is 0. The molecule has 0 fully saturated rings. The topological polar surface area (TPSA) is 103 Å². The first kappa shape index (κ1) is 18.7. The van der Waals surface area contributed by atoms with Crippen LogP contribution in [-0.2, 0) is 0 Å². The van der Waals surface area contributed by atoms with Crippen molar-refractivity contribution in [2.45, 2.75) is 13.2 Å². The van der Waals surface area contributed by atoms with Gasteiger partial charge in [-0.05, 0) is 48.4 Å². The number of aromatic amines is 1. The number of rotatable bonds is 4. The molecular weight excluding hydrogens is 364 g/mol. The van der Waals surface area contributed by atoms with E-state index in [0.717, 1.165) is 33.3 Å². The smallest absolute Gasteiger partial charge is 0.323 e. The summed E-state index contributed by atoms with van der Waals surface area (Å²) in [6, 6.07) is 22.5. The zero-order chi connectivity index (χ0) is 20.4. The maximum absolute atomic E-state index is 12.2. The van der Waals surface area contributed by atoms with Crippen molar-refractivity contribution >= 4 is 28.3 Å². The van der Waals surface area contributed by atoms with E-state index in [1.807, 2.05) is 79.7 Å². The van der Waals surface area contributed by atoms with Crippen molar-refractivity contribution in [3.63, 3.8) is 0 Å². The van der Waals surface area contributed by atoms with Crippen LogP contribution in [0.4, 0.5) is 16.2 Å². The van der Waals surface area contributed by atoms with Gasteiger partial charge in [-0.3, -0.25) is 0 Å². The van der Waals surface area contributed by atoms with Gasteiger partial charge in [-0.1, -0.05) is 42.5 Å². The molecule has 0 radical (unpaired) electrons. The Morgan fingerprint density at radius 3 is 2.41 bits per heavy atom. The van der Waals surface area contributed by atoms with Crippen LogP contribution in [0, 0.1) is 6.92 Å². The molecule has 1 unspecified atom stereocenters. The van der Waals surface area contributed by atoms with Crippen LogP contribution in [0.2, 0.25) is 0 Å². The Labute approximate surface area is 168 Å². The van der Waals surface area contributed by atoms with Gasteiger partial charge in [0.05, 0.1) is 5.69 Å². The molecule has 29 heavy (non-hydrogen) atoms. The first-order chi connectivity index (χ1) is 14.0. The zero-order valence-electron chi connectivity index (χ0n) is 15.9. The summed E-state index contributed by atoms with van der Waals surface area (Å²) in [5.41, 5.74) is 11.4. The van der Waals surface area contributed by atoms with Gasteiger partial charge in [0.15, 0.2) is 0 Å². The van der Waals surface area contributed by atoms with Crippen LogP contribution in [0.3, 0.4) is 0 Å². The Kier molecular flexibility index (Phi) is 5.03. The average molecular weight is 386 g/mol. The Morgan fingerprint density at radius 1 is 0.966 bits per heavy atom. The lowest BCUT2D eigenvalue weighted by molar-refractivity contribution is 0.183. The summed E-state index contributed by atoms with van der Waals surface area (Å²) in [7, 11) is 0. The standard InChI is InChI=1S/C23H22N4O2/c1-14-5-4-6-17(13-14)26-23(29)25-16-11-9-15(10-12-16)20-18-7-2-3-8-19(18)27-21(20)22(24)28/h2-13,22,27-28H,24H2,1H3,(H2,25,26,29). The molecule has 0 spiro atoms. The molecule has 1 aromatic heterocycles. The van der Waals surface area contributed by atoms with E-state index in [4.69, 9.17) is 5.73 Å². The monoisotopic (exact) mass is 386 g/mol. The molecule has 0 saturated heterocycles. The van der Waals surface area contributed by atoms with Crippen LogP contribution in [-0.4, -0.2) is 16.1 Å². The predicted molar refractivity (Wildman–Crippen MR) is 117 cm³/mol. The van der Waals surface area contributed by atoms with E-state index < -0.39 is 6.23 Å². The molecule has 2 amide bonds. The van der Waals surface area contributed by atoms with Gasteiger partial charge in [-0.25, -0.2) is 4.79 Å². The number of para-hydroxylation sites is 1. The Bertz CT molecular complexity index is 1160. The van der Waals surface area contributed by atoms with E-state index >= 15 is 0 Å². The van der Waals surface area contributed by atoms with Gasteiger partial charge in [0.2, 0.25) is 0 Å². The van der Waals surface area contributed by atoms with Gasteiger partial charge in [0.25, 0.3) is 0 Å². The number of hydrogen-bond donors (Lipinski definition) is 5. The van der Waals surface area contributed by atoms with E-state index in [1.54, 1.807) is 0 Å². The molecule has 6 N–H and O–H groups in total. The Hall–Kier alpha value is -3.61. The maximum Gasteiger partial charge on any atom is 0.323 e. The highest BCUT2D eigenvalue weighted by atomic mass is 16.3. The molecule has 0 aliphatic carbocycles. The Morgan fingerprint density at radius 2 is 1.69 bits per heavy atom. The minimum absolute atomic E-state index is 0.312. The van der Waals surface area contributed by atoms with Crippen LogP contribution in [0.5, 0.6) is 0 Å². The molecule has 3 aromatic carbocycles. The summed E-state index contributed by atoms with van der Waals surface area (Å²) in [5, 5.41) is 16.6. The van der Waals surface area contributed by atoms with Crippen molar-refractivity contribution in [2.24, 2.45) is 5.73 Å². The van der Waals surface area contributed by atoms with Crippen LogP contribution in [0.25, 0.3) is 22.0 Å². The average Bonchev–Trinajstić information content (AvgIpc) is 3.08. The molecule has 0 aliphatic rings. The first-order valence-corrected chi connectivity index (χ1v) is 9.30. The first-order valence-electron chi connectivity index (χ1n) is 9.30. The molecular formula is C23H22N4O2. The highest BCUT2D eigenvalue weighted by molar-refractivity contribution is 6.01. The number of amides is 2. The number of fused-ring (bicyclic) bond motifs is 1. The predicted octanol–water partition coefficient (Wildman–Crippen LogP) is 4.74. The normalized spacial score (nSPS) is 12.0. The van der Waals surface area contributed by atoms with Crippen molar-refractivity contribution in [3.05, 3.63) is 84.1 Å². The van der Waals surface area contributed by atoms with Crippen molar-refractivity contribution in [3.8, 4) is 11.1 Å². The van der Waals surface area contributed by atoms with Gasteiger partial charge < -0.3 is 26.5 Å². The maximum atomic E-state index is 12.2. The summed E-state index contributed by atoms with van der Waals surface area (Å²) in [4.78, 5) is 15.4. The summed E-state index contributed by atoms with van der Waals surface area (Å²) in [6.45, 7) is 1.97. The lowest BCUT2D eigenvalue weighted by atomic mass is 10.0. The highest BCUT2D eigenvalue weighted by Gasteiger charge is 2.17. The van der Waals surface area contributed by atoms with Crippen LogP contribution >= 0.6 is 0 Å². The molecule has 4 aromatic rings.